The lowest BCUT2D eigenvalue weighted by Gasteiger charge is -2.30. The third-order valence-electron chi connectivity index (χ3n) is 4.45. The number of aliphatic carboxylic acids is 1. The average molecular weight is 286 g/mol. The first-order chi connectivity index (χ1) is 10.1. The van der Waals surface area contributed by atoms with Gasteiger partial charge in [-0.1, -0.05) is 25.0 Å². The van der Waals surface area contributed by atoms with E-state index in [1.165, 1.54) is 0 Å². The van der Waals surface area contributed by atoms with Crippen molar-refractivity contribution in [2.75, 3.05) is 6.54 Å². The van der Waals surface area contributed by atoms with Gasteiger partial charge in [0.1, 0.15) is 0 Å². The van der Waals surface area contributed by atoms with Crippen molar-refractivity contribution in [1.82, 2.24) is 5.32 Å². The minimum Gasteiger partial charge on any atom is -0.481 e. The molecule has 0 aromatic heterocycles. The average Bonchev–Trinajstić information content (AvgIpc) is 2.52. The first kappa shape index (κ1) is 15.5. The smallest absolute Gasteiger partial charge is 0.306 e. The monoisotopic (exact) mass is 286 g/mol. The lowest BCUT2D eigenvalue weighted by atomic mass is 9.79. The maximum Gasteiger partial charge on any atom is 0.306 e. The van der Waals surface area contributed by atoms with Crippen molar-refractivity contribution in [2.45, 2.75) is 38.6 Å². The Labute approximate surface area is 125 Å². The zero-order valence-corrected chi connectivity index (χ0v) is 12.4. The predicted octanol–water partition coefficient (Wildman–Crippen LogP) is 3.10. The second-order valence-corrected chi connectivity index (χ2v) is 5.85. The summed E-state index contributed by atoms with van der Waals surface area (Å²) in [7, 11) is 0. The van der Waals surface area contributed by atoms with Crippen LogP contribution in [0.25, 0.3) is 0 Å². The Hall–Kier alpha value is -1.86. The molecule has 0 radical (unpaired) electrons. The molecule has 0 bridgehead atoms. The zero-order valence-electron chi connectivity index (χ0n) is 12.4. The van der Waals surface area contributed by atoms with Crippen molar-refractivity contribution >= 4 is 5.97 Å². The molecule has 4 nitrogen and oxygen atoms in total. The van der Waals surface area contributed by atoms with Crippen LogP contribution in [0.15, 0.2) is 24.3 Å². The highest BCUT2D eigenvalue weighted by molar-refractivity contribution is 5.70. The topological polar surface area (TPSA) is 73.1 Å². The number of carbonyl (C=O) groups is 1. The van der Waals surface area contributed by atoms with Crippen molar-refractivity contribution in [1.29, 1.82) is 5.26 Å². The maximum atomic E-state index is 11.3. The molecule has 21 heavy (non-hydrogen) atoms. The zero-order chi connectivity index (χ0) is 15.2. The van der Waals surface area contributed by atoms with E-state index in [4.69, 9.17) is 5.26 Å². The van der Waals surface area contributed by atoms with Gasteiger partial charge in [0.2, 0.25) is 0 Å². The largest absolute Gasteiger partial charge is 0.481 e. The Kier molecular flexibility index (Phi) is 5.35. The molecule has 112 valence electrons. The van der Waals surface area contributed by atoms with Gasteiger partial charge < -0.3 is 10.4 Å². The second kappa shape index (κ2) is 7.24. The highest BCUT2D eigenvalue weighted by atomic mass is 16.4. The van der Waals surface area contributed by atoms with Crippen LogP contribution in [0.1, 0.15) is 49.8 Å². The molecule has 0 amide bonds. The van der Waals surface area contributed by atoms with Gasteiger partial charge in [-0.25, -0.2) is 0 Å². The third kappa shape index (κ3) is 4.05. The summed E-state index contributed by atoms with van der Waals surface area (Å²) in [6, 6.07) is 9.80. The van der Waals surface area contributed by atoms with Gasteiger partial charge >= 0.3 is 5.97 Å². The van der Waals surface area contributed by atoms with Crippen molar-refractivity contribution in [3.05, 3.63) is 35.4 Å². The van der Waals surface area contributed by atoms with E-state index in [0.29, 0.717) is 5.56 Å². The van der Waals surface area contributed by atoms with Gasteiger partial charge in [-0.15, -0.1) is 0 Å². The Balaban J connectivity index is 1.91. The molecule has 1 aromatic rings. The SMILES string of the molecule is CC(NCC1CCCCC1C(=O)O)c1ccc(C#N)cc1. The van der Waals surface area contributed by atoms with Crippen molar-refractivity contribution in [2.24, 2.45) is 11.8 Å². The number of nitrogens with one attached hydrogen (secondary N) is 1. The van der Waals surface area contributed by atoms with Crippen LogP contribution in [0, 0.1) is 23.2 Å². The van der Waals surface area contributed by atoms with Crippen molar-refractivity contribution in [3.8, 4) is 6.07 Å². The quantitative estimate of drug-likeness (QED) is 0.872. The summed E-state index contributed by atoms with van der Waals surface area (Å²) < 4.78 is 0. The molecule has 1 saturated carbocycles. The van der Waals surface area contributed by atoms with E-state index in [1.807, 2.05) is 24.3 Å². The molecule has 2 N–H and O–H groups in total. The molecule has 3 unspecified atom stereocenters. The number of carboxylic acids is 1. The third-order valence-corrected chi connectivity index (χ3v) is 4.45. The van der Waals surface area contributed by atoms with E-state index in [0.717, 1.165) is 37.8 Å². The molecule has 1 aliphatic carbocycles. The first-order valence-electron chi connectivity index (χ1n) is 7.58. The number of carboxylic acid groups (broad SMARTS) is 1. The molecule has 0 heterocycles. The summed E-state index contributed by atoms with van der Waals surface area (Å²) in [5.74, 6) is -0.649. The highest BCUT2D eigenvalue weighted by Gasteiger charge is 2.30. The van der Waals surface area contributed by atoms with Crippen LogP contribution in [-0.2, 0) is 4.79 Å². The molecule has 4 heteroatoms. The van der Waals surface area contributed by atoms with Gasteiger partial charge in [-0.2, -0.15) is 5.26 Å². The normalized spacial score (nSPS) is 23.2. The van der Waals surface area contributed by atoms with E-state index in [2.05, 4.69) is 18.3 Å². The molecule has 1 fully saturated rings. The Morgan fingerprint density at radius 1 is 1.38 bits per heavy atom. The van der Waals surface area contributed by atoms with Gasteiger partial charge in [0, 0.05) is 6.04 Å². The minimum absolute atomic E-state index is 0.161. The number of benzene rings is 1. The van der Waals surface area contributed by atoms with E-state index < -0.39 is 5.97 Å². The summed E-state index contributed by atoms with van der Waals surface area (Å²) >= 11 is 0. The first-order valence-corrected chi connectivity index (χ1v) is 7.58. The van der Waals surface area contributed by atoms with Crippen molar-refractivity contribution < 1.29 is 9.90 Å². The van der Waals surface area contributed by atoms with Crippen LogP contribution < -0.4 is 5.32 Å². The fourth-order valence-corrected chi connectivity index (χ4v) is 3.07. The molecular formula is C17H22N2O2. The lowest BCUT2D eigenvalue weighted by molar-refractivity contribution is -0.144. The predicted molar refractivity (Wildman–Crippen MR) is 80.7 cm³/mol. The van der Waals surface area contributed by atoms with Crippen molar-refractivity contribution in [3.63, 3.8) is 0 Å². The molecule has 1 aliphatic rings. The Morgan fingerprint density at radius 2 is 2.05 bits per heavy atom. The summed E-state index contributed by atoms with van der Waals surface area (Å²) in [5, 5.41) is 21.5. The fourth-order valence-electron chi connectivity index (χ4n) is 3.07. The van der Waals surface area contributed by atoms with E-state index in [-0.39, 0.29) is 17.9 Å². The van der Waals surface area contributed by atoms with Gasteiger partial charge in [0.15, 0.2) is 0 Å². The van der Waals surface area contributed by atoms with Gasteiger partial charge in [0.25, 0.3) is 0 Å². The van der Waals surface area contributed by atoms with Gasteiger partial charge in [0.05, 0.1) is 17.6 Å². The number of nitriles is 1. The van der Waals surface area contributed by atoms with E-state index >= 15 is 0 Å². The van der Waals surface area contributed by atoms with Crippen LogP contribution >= 0.6 is 0 Å². The van der Waals surface area contributed by atoms with Crippen LogP contribution in [0.4, 0.5) is 0 Å². The Bertz CT molecular complexity index is 519. The molecule has 0 aliphatic heterocycles. The van der Waals surface area contributed by atoms with Gasteiger partial charge in [-0.3, -0.25) is 4.79 Å². The van der Waals surface area contributed by atoms with Gasteiger partial charge in [-0.05, 0) is 49.9 Å². The number of nitrogens with zero attached hydrogens (tertiary/aromatic N) is 1. The number of hydrogen-bond acceptors (Lipinski definition) is 3. The lowest BCUT2D eigenvalue weighted by Crippen LogP contribution is -2.35. The summed E-state index contributed by atoms with van der Waals surface area (Å²) in [6.45, 7) is 2.80. The molecule has 0 spiro atoms. The second-order valence-electron chi connectivity index (χ2n) is 5.85. The summed E-state index contributed by atoms with van der Waals surface area (Å²) in [4.78, 5) is 11.3. The molecule has 1 aromatic carbocycles. The highest BCUT2D eigenvalue weighted by Crippen LogP contribution is 2.30. The van der Waals surface area contributed by atoms with Crippen LogP contribution in [-0.4, -0.2) is 17.6 Å². The Morgan fingerprint density at radius 3 is 2.67 bits per heavy atom. The molecule has 2 rings (SSSR count). The molecule has 0 saturated heterocycles. The van der Waals surface area contributed by atoms with Crippen LogP contribution in [0.5, 0.6) is 0 Å². The molecule has 3 atom stereocenters. The van der Waals surface area contributed by atoms with Crippen LogP contribution in [0.3, 0.4) is 0 Å². The standard InChI is InChI=1S/C17H22N2O2/c1-12(14-8-6-13(10-18)7-9-14)19-11-15-4-2-3-5-16(15)17(20)21/h6-9,12,15-16,19H,2-5,11H2,1H3,(H,20,21). The summed E-state index contributed by atoms with van der Waals surface area (Å²) in [5.41, 5.74) is 1.78. The van der Waals surface area contributed by atoms with E-state index in [1.54, 1.807) is 0 Å². The van der Waals surface area contributed by atoms with E-state index in [9.17, 15) is 9.90 Å². The maximum absolute atomic E-state index is 11.3. The number of rotatable bonds is 5. The van der Waals surface area contributed by atoms with Crippen LogP contribution in [0.2, 0.25) is 0 Å². The minimum atomic E-state index is -0.660. The fraction of sp³-hybridized carbons (Fsp3) is 0.529. The molecular weight excluding hydrogens is 264 g/mol. The number of hydrogen-bond donors (Lipinski definition) is 2. The summed E-state index contributed by atoms with van der Waals surface area (Å²) in [6.07, 6.45) is 3.94.